The van der Waals surface area contributed by atoms with Crippen molar-refractivity contribution in [2.24, 2.45) is 0 Å². The lowest BCUT2D eigenvalue weighted by molar-refractivity contribution is -0.141. The van der Waals surface area contributed by atoms with Crippen molar-refractivity contribution in [1.82, 2.24) is 5.32 Å². The van der Waals surface area contributed by atoms with E-state index >= 15 is 0 Å². The summed E-state index contributed by atoms with van der Waals surface area (Å²) in [6.45, 7) is 2.25. The van der Waals surface area contributed by atoms with Gasteiger partial charge in [0.2, 0.25) is 5.91 Å². The molecule has 32 heavy (non-hydrogen) atoms. The fourth-order valence-corrected chi connectivity index (χ4v) is 3.69. The SMILES string of the molecule is CCCCCCCCC=CCCCCCCCC(=O)N[C@@H](Cc1ccc(O)cc1)C(=O)O. The van der Waals surface area contributed by atoms with Crippen molar-refractivity contribution < 1.29 is 19.8 Å². The number of unbranched alkanes of at least 4 members (excludes halogenated alkanes) is 11. The normalized spacial score (nSPS) is 12.2. The molecule has 180 valence electrons. The van der Waals surface area contributed by atoms with Gasteiger partial charge >= 0.3 is 5.97 Å². The third-order valence-electron chi connectivity index (χ3n) is 5.68. The topological polar surface area (TPSA) is 86.6 Å². The predicted molar refractivity (Wildman–Crippen MR) is 131 cm³/mol. The zero-order valence-corrected chi connectivity index (χ0v) is 19.9. The first-order chi connectivity index (χ1) is 15.5. The van der Waals surface area contributed by atoms with Crippen LogP contribution in [0.1, 0.15) is 102 Å². The maximum atomic E-state index is 12.1. The number of aliphatic carboxylic acids is 1. The van der Waals surface area contributed by atoms with E-state index in [1.54, 1.807) is 12.1 Å². The van der Waals surface area contributed by atoms with Crippen molar-refractivity contribution in [3.63, 3.8) is 0 Å². The molecule has 5 nitrogen and oxygen atoms in total. The molecule has 0 unspecified atom stereocenters. The van der Waals surface area contributed by atoms with Crippen molar-refractivity contribution >= 4 is 11.9 Å². The number of nitrogens with one attached hydrogen (secondary N) is 1. The lowest BCUT2D eigenvalue weighted by Crippen LogP contribution is -2.42. The van der Waals surface area contributed by atoms with E-state index in [1.165, 1.54) is 69.9 Å². The highest BCUT2D eigenvalue weighted by molar-refractivity contribution is 5.83. The minimum atomic E-state index is -1.05. The average Bonchev–Trinajstić information content (AvgIpc) is 2.77. The van der Waals surface area contributed by atoms with Gasteiger partial charge < -0.3 is 15.5 Å². The summed E-state index contributed by atoms with van der Waals surface area (Å²) in [5.74, 6) is -1.13. The van der Waals surface area contributed by atoms with Gasteiger partial charge in [-0.1, -0.05) is 82.6 Å². The van der Waals surface area contributed by atoms with E-state index in [4.69, 9.17) is 0 Å². The van der Waals surface area contributed by atoms with Gasteiger partial charge in [0.15, 0.2) is 0 Å². The quantitative estimate of drug-likeness (QED) is 0.167. The highest BCUT2D eigenvalue weighted by Crippen LogP contribution is 2.13. The number of rotatable bonds is 19. The largest absolute Gasteiger partial charge is 0.508 e. The Morgan fingerprint density at radius 3 is 1.94 bits per heavy atom. The molecule has 0 heterocycles. The molecule has 0 spiro atoms. The summed E-state index contributed by atoms with van der Waals surface area (Å²) in [4.78, 5) is 23.6. The minimum Gasteiger partial charge on any atom is -0.508 e. The maximum Gasteiger partial charge on any atom is 0.326 e. The molecule has 0 bridgehead atoms. The summed E-state index contributed by atoms with van der Waals surface area (Å²) >= 11 is 0. The van der Waals surface area contributed by atoms with E-state index < -0.39 is 12.0 Å². The predicted octanol–water partition coefficient (Wildman–Crippen LogP) is 6.54. The summed E-state index contributed by atoms with van der Waals surface area (Å²) in [5.41, 5.74) is 0.761. The number of hydrogen-bond acceptors (Lipinski definition) is 3. The zero-order valence-electron chi connectivity index (χ0n) is 19.9. The van der Waals surface area contributed by atoms with Gasteiger partial charge in [-0.25, -0.2) is 4.79 Å². The van der Waals surface area contributed by atoms with Crippen molar-refractivity contribution in [2.75, 3.05) is 0 Å². The van der Waals surface area contributed by atoms with Crippen LogP contribution in [-0.4, -0.2) is 28.1 Å². The van der Waals surface area contributed by atoms with Crippen LogP contribution in [0.5, 0.6) is 5.75 Å². The summed E-state index contributed by atoms with van der Waals surface area (Å²) in [7, 11) is 0. The third-order valence-corrected chi connectivity index (χ3v) is 5.68. The number of hydrogen-bond donors (Lipinski definition) is 3. The van der Waals surface area contributed by atoms with Crippen LogP contribution in [0.3, 0.4) is 0 Å². The van der Waals surface area contributed by atoms with Gasteiger partial charge in [-0.2, -0.15) is 0 Å². The Labute approximate surface area is 194 Å². The van der Waals surface area contributed by atoms with E-state index in [0.29, 0.717) is 6.42 Å². The molecule has 0 aliphatic rings. The van der Waals surface area contributed by atoms with Gasteiger partial charge in [0.1, 0.15) is 11.8 Å². The Balaban J connectivity index is 2.03. The van der Waals surface area contributed by atoms with Crippen LogP contribution >= 0.6 is 0 Å². The number of phenolic OH excluding ortho intramolecular Hbond substituents is 1. The molecule has 0 aliphatic heterocycles. The molecule has 0 saturated heterocycles. The molecule has 1 atom stereocenters. The van der Waals surface area contributed by atoms with Crippen LogP contribution in [0.2, 0.25) is 0 Å². The Morgan fingerprint density at radius 1 is 0.844 bits per heavy atom. The summed E-state index contributed by atoms with van der Waals surface area (Å²) in [5, 5.41) is 21.3. The number of amides is 1. The molecule has 3 N–H and O–H groups in total. The highest BCUT2D eigenvalue weighted by atomic mass is 16.4. The minimum absolute atomic E-state index is 0.133. The standard InChI is InChI=1S/C27H43NO4/c1-2-3-4-5-6-7-8-9-10-11-12-13-14-15-16-17-26(30)28-25(27(31)32)22-23-18-20-24(29)21-19-23/h9-10,18-21,25,29H,2-8,11-17,22H2,1H3,(H,28,30)(H,31,32)/t25-/m0/s1. The Bertz CT molecular complexity index is 654. The molecule has 1 aromatic carbocycles. The van der Waals surface area contributed by atoms with Crippen LogP contribution in [-0.2, 0) is 16.0 Å². The van der Waals surface area contributed by atoms with Crippen molar-refractivity contribution in [1.29, 1.82) is 0 Å². The molecule has 5 heteroatoms. The average molecular weight is 446 g/mol. The third kappa shape index (κ3) is 14.7. The molecule has 1 rings (SSSR count). The van der Waals surface area contributed by atoms with Crippen LogP contribution < -0.4 is 5.32 Å². The number of carboxylic acid groups (broad SMARTS) is 1. The summed E-state index contributed by atoms with van der Waals surface area (Å²) in [6, 6.07) is 5.42. The van der Waals surface area contributed by atoms with Gasteiger partial charge in [0.25, 0.3) is 0 Å². The van der Waals surface area contributed by atoms with E-state index in [2.05, 4.69) is 24.4 Å². The second-order valence-electron chi connectivity index (χ2n) is 8.66. The number of phenols is 1. The fraction of sp³-hybridized carbons (Fsp3) is 0.630. The van der Waals surface area contributed by atoms with E-state index in [-0.39, 0.29) is 18.1 Å². The van der Waals surface area contributed by atoms with Gasteiger partial charge in [0.05, 0.1) is 0 Å². The number of carbonyl (C=O) groups is 2. The van der Waals surface area contributed by atoms with Gasteiger partial charge in [-0.15, -0.1) is 0 Å². The first-order valence-corrected chi connectivity index (χ1v) is 12.5. The van der Waals surface area contributed by atoms with Gasteiger partial charge in [0, 0.05) is 12.8 Å². The van der Waals surface area contributed by atoms with Crippen LogP contribution in [0, 0.1) is 0 Å². The maximum absolute atomic E-state index is 12.1. The first-order valence-electron chi connectivity index (χ1n) is 12.5. The van der Waals surface area contributed by atoms with Crippen molar-refractivity contribution in [3.05, 3.63) is 42.0 Å². The highest BCUT2D eigenvalue weighted by Gasteiger charge is 2.20. The van der Waals surface area contributed by atoms with Crippen LogP contribution in [0.25, 0.3) is 0 Å². The summed E-state index contributed by atoms with van der Waals surface area (Å²) in [6.07, 6.45) is 20.8. The first kappa shape index (κ1) is 27.7. The molecule has 0 aromatic heterocycles. The van der Waals surface area contributed by atoms with Crippen molar-refractivity contribution in [3.8, 4) is 5.75 Å². The van der Waals surface area contributed by atoms with Gasteiger partial charge in [-0.3, -0.25) is 4.79 Å². The number of carbonyl (C=O) groups excluding carboxylic acids is 1. The van der Waals surface area contributed by atoms with Crippen LogP contribution in [0.4, 0.5) is 0 Å². The molecule has 1 aromatic rings. The molecule has 0 fully saturated rings. The molecule has 0 radical (unpaired) electrons. The Hall–Kier alpha value is -2.30. The van der Waals surface area contributed by atoms with Gasteiger partial charge in [-0.05, 0) is 49.8 Å². The molecule has 1 amide bonds. The Kier molecular flexibility index (Phi) is 15.9. The molecule has 0 saturated carbocycles. The lowest BCUT2D eigenvalue weighted by atomic mass is 10.0. The fourth-order valence-electron chi connectivity index (χ4n) is 3.69. The molecular formula is C27H43NO4. The van der Waals surface area contributed by atoms with E-state index in [9.17, 15) is 19.8 Å². The second-order valence-corrected chi connectivity index (χ2v) is 8.66. The lowest BCUT2D eigenvalue weighted by Gasteiger charge is -2.14. The second kappa shape index (κ2) is 18.3. The Morgan fingerprint density at radius 2 is 1.38 bits per heavy atom. The molecular weight excluding hydrogens is 402 g/mol. The number of carboxylic acids is 1. The zero-order chi connectivity index (χ0) is 23.4. The smallest absolute Gasteiger partial charge is 0.326 e. The van der Waals surface area contributed by atoms with Crippen molar-refractivity contribution in [2.45, 2.75) is 109 Å². The number of allylic oxidation sites excluding steroid dienone is 2. The molecule has 0 aliphatic carbocycles. The monoisotopic (exact) mass is 445 g/mol. The van der Waals surface area contributed by atoms with Crippen LogP contribution in [0.15, 0.2) is 36.4 Å². The summed E-state index contributed by atoms with van der Waals surface area (Å²) < 4.78 is 0. The van der Waals surface area contributed by atoms with E-state index in [1.807, 2.05) is 0 Å². The van der Waals surface area contributed by atoms with E-state index in [0.717, 1.165) is 31.2 Å². The number of aromatic hydroxyl groups is 1. The number of benzene rings is 1.